The summed E-state index contributed by atoms with van der Waals surface area (Å²) in [6, 6.07) is 13.3. The zero-order valence-electron chi connectivity index (χ0n) is 20.8. The maximum absolute atomic E-state index is 12.0. The summed E-state index contributed by atoms with van der Waals surface area (Å²) in [5, 5.41) is 3.40. The zero-order chi connectivity index (χ0) is 23.4. The van der Waals surface area contributed by atoms with Gasteiger partial charge in [-0.3, -0.25) is 9.69 Å². The van der Waals surface area contributed by atoms with Gasteiger partial charge < -0.3 is 9.47 Å². The van der Waals surface area contributed by atoms with Crippen molar-refractivity contribution in [2.45, 2.75) is 63.3 Å². The summed E-state index contributed by atoms with van der Waals surface area (Å²) in [5.41, 5.74) is 1.33. The van der Waals surface area contributed by atoms with E-state index in [4.69, 9.17) is 9.47 Å². The van der Waals surface area contributed by atoms with Crippen LogP contribution in [0.1, 0.15) is 51.0 Å². The van der Waals surface area contributed by atoms with E-state index in [-0.39, 0.29) is 11.9 Å². The molecule has 0 atom stereocenters. The smallest absolute Gasteiger partial charge is 0.309 e. The van der Waals surface area contributed by atoms with Crippen molar-refractivity contribution in [1.29, 1.82) is 0 Å². The number of rotatable bonds is 7. The molecular formula is C28H41NO3S. The number of hydrogen-bond donors (Lipinski definition) is 0. The van der Waals surface area contributed by atoms with Gasteiger partial charge in [0.25, 0.3) is 0 Å². The van der Waals surface area contributed by atoms with E-state index >= 15 is 0 Å². The highest BCUT2D eigenvalue weighted by Gasteiger charge is 2.28. The molecule has 1 saturated heterocycles. The fourth-order valence-electron chi connectivity index (χ4n) is 5.34. The lowest BCUT2D eigenvalue weighted by Crippen LogP contribution is -2.36. The summed E-state index contributed by atoms with van der Waals surface area (Å²) < 4.78 is 11.6. The first-order valence-corrected chi connectivity index (χ1v) is 15.5. The van der Waals surface area contributed by atoms with Gasteiger partial charge >= 0.3 is 5.97 Å². The number of carbonyl (C=O) groups excluding carboxylic acids is 1. The summed E-state index contributed by atoms with van der Waals surface area (Å²) in [5.74, 6) is 1.05. The van der Waals surface area contributed by atoms with Crippen LogP contribution in [0.2, 0.25) is 0 Å². The second-order valence-electron chi connectivity index (χ2n) is 10.6. The van der Waals surface area contributed by atoms with E-state index in [2.05, 4.69) is 60.1 Å². The summed E-state index contributed by atoms with van der Waals surface area (Å²) in [6.07, 6.45) is 14.5. The van der Waals surface area contributed by atoms with E-state index in [1.807, 2.05) is 6.92 Å². The minimum atomic E-state index is -0.455. The molecule has 1 aliphatic heterocycles. The van der Waals surface area contributed by atoms with Gasteiger partial charge in [-0.1, -0.05) is 18.2 Å². The van der Waals surface area contributed by atoms with Gasteiger partial charge in [-0.15, -0.1) is 0 Å². The molecule has 0 unspecified atom stereocenters. The molecule has 0 N–H and O–H groups in total. The number of ether oxygens (including phenoxy) is 2. The molecule has 4 nitrogen and oxygen atoms in total. The highest BCUT2D eigenvalue weighted by Crippen LogP contribution is 2.48. The Hall–Kier alpha value is -1.72. The average molecular weight is 472 g/mol. The Bertz CT molecular complexity index is 938. The van der Waals surface area contributed by atoms with Crippen LogP contribution in [0.3, 0.4) is 0 Å². The fourth-order valence-corrected chi connectivity index (χ4v) is 7.03. The van der Waals surface area contributed by atoms with Crippen LogP contribution in [-0.4, -0.2) is 60.7 Å². The Kier molecular flexibility index (Phi) is 7.91. The normalized spacial score (nSPS) is 23.4. The van der Waals surface area contributed by atoms with Crippen molar-refractivity contribution >= 4 is 26.8 Å². The van der Waals surface area contributed by atoms with E-state index in [1.165, 1.54) is 42.0 Å². The van der Waals surface area contributed by atoms with Crippen molar-refractivity contribution in [2.75, 3.05) is 38.5 Å². The zero-order valence-corrected chi connectivity index (χ0v) is 21.7. The van der Waals surface area contributed by atoms with Gasteiger partial charge in [-0.2, -0.15) is 0 Å². The van der Waals surface area contributed by atoms with Gasteiger partial charge in [0.1, 0.15) is 5.75 Å². The highest BCUT2D eigenvalue weighted by molar-refractivity contribution is 8.32. The van der Waals surface area contributed by atoms with Crippen LogP contribution >= 0.6 is 10.0 Å². The topological polar surface area (TPSA) is 38.8 Å². The molecule has 33 heavy (non-hydrogen) atoms. The van der Waals surface area contributed by atoms with Crippen LogP contribution in [0.25, 0.3) is 10.8 Å². The van der Waals surface area contributed by atoms with Crippen LogP contribution in [0, 0.1) is 5.92 Å². The third-order valence-electron chi connectivity index (χ3n) is 7.41. The maximum Gasteiger partial charge on any atom is 0.309 e. The van der Waals surface area contributed by atoms with E-state index < -0.39 is 10.0 Å². The third-order valence-corrected chi connectivity index (χ3v) is 9.89. The van der Waals surface area contributed by atoms with E-state index in [1.54, 1.807) is 0 Å². The van der Waals surface area contributed by atoms with Crippen molar-refractivity contribution in [1.82, 2.24) is 4.90 Å². The molecule has 2 fully saturated rings. The minimum Gasteiger partial charge on any atom is -0.490 e. The van der Waals surface area contributed by atoms with Crippen molar-refractivity contribution in [3.63, 3.8) is 0 Å². The first-order valence-electron chi connectivity index (χ1n) is 12.6. The van der Waals surface area contributed by atoms with Gasteiger partial charge in [-0.05, 0) is 117 Å². The first-order chi connectivity index (χ1) is 15.8. The molecule has 4 rings (SSSR count). The Morgan fingerprint density at radius 3 is 2.27 bits per heavy atom. The summed E-state index contributed by atoms with van der Waals surface area (Å²) in [4.78, 5) is 14.4. The van der Waals surface area contributed by atoms with Gasteiger partial charge in [0.15, 0.2) is 0 Å². The van der Waals surface area contributed by atoms with Crippen molar-refractivity contribution in [2.24, 2.45) is 5.92 Å². The van der Waals surface area contributed by atoms with Crippen LogP contribution in [0.15, 0.2) is 36.4 Å². The molecule has 0 bridgehead atoms. The van der Waals surface area contributed by atoms with Gasteiger partial charge in [0, 0.05) is 6.54 Å². The Morgan fingerprint density at radius 1 is 0.939 bits per heavy atom. The van der Waals surface area contributed by atoms with Crippen LogP contribution in [-0.2, 0) is 16.1 Å². The van der Waals surface area contributed by atoms with E-state index in [9.17, 15) is 4.79 Å². The van der Waals surface area contributed by atoms with E-state index in [0.717, 1.165) is 43.5 Å². The summed E-state index contributed by atoms with van der Waals surface area (Å²) in [7, 11) is -0.455. The van der Waals surface area contributed by atoms with Gasteiger partial charge in [0.2, 0.25) is 0 Å². The minimum absolute atomic E-state index is 0.0239. The molecule has 2 aromatic carbocycles. The standard InChI is InChI=1S/C28H41NO3S/c1-5-31-28(30)22-14-16-29(17-15-22)20-21-6-7-24-19-26(9-8-23(24)18-21)32-25-10-12-27(13-11-25)33(2,3)4/h6-9,18-19,22,25,27H,5,10-17,20H2,1-4H3/t25-,27-. The number of fused-ring (bicyclic) bond motifs is 1. The SMILES string of the molecule is CCOC(=O)C1CCN(Cc2ccc3cc(O[C@H]4CC[C@H](S(C)(C)C)CC4)ccc3c2)CC1. The maximum atomic E-state index is 12.0. The van der Waals surface area contributed by atoms with Crippen LogP contribution in [0.4, 0.5) is 0 Å². The fraction of sp³-hybridized carbons (Fsp3) is 0.607. The van der Waals surface area contributed by atoms with Crippen molar-refractivity contribution < 1.29 is 14.3 Å². The quantitative estimate of drug-likeness (QED) is 0.464. The molecule has 1 aliphatic carbocycles. The second-order valence-corrected chi connectivity index (χ2v) is 15.1. The predicted octanol–water partition coefficient (Wildman–Crippen LogP) is 6.00. The summed E-state index contributed by atoms with van der Waals surface area (Å²) in [6.45, 7) is 5.19. The summed E-state index contributed by atoms with van der Waals surface area (Å²) >= 11 is 0. The molecule has 0 radical (unpaired) electrons. The monoisotopic (exact) mass is 471 g/mol. The molecule has 1 saturated carbocycles. The number of hydrogen-bond acceptors (Lipinski definition) is 4. The van der Waals surface area contributed by atoms with Gasteiger partial charge in [-0.25, -0.2) is 10.0 Å². The average Bonchev–Trinajstić information content (AvgIpc) is 2.79. The van der Waals surface area contributed by atoms with Crippen molar-refractivity contribution in [3.8, 4) is 5.75 Å². The molecule has 5 heteroatoms. The number of benzene rings is 2. The number of esters is 1. The third kappa shape index (κ3) is 6.45. The number of piperidine rings is 1. The molecule has 0 spiro atoms. The lowest BCUT2D eigenvalue weighted by molar-refractivity contribution is -0.149. The molecule has 0 aromatic heterocycles. The Morgan fingerprint density at radius 2 is 1.61 bits per heavy atom. The molecule has 182 valence electrons. The highest BCUT2D eigenvalue weighted by atomic mass is 32.3. The first kappa shape index (κ1) is 24.4. The molecule has 0 amide bonds. The van der Waals surface area contributed by atoms with E-state index in [0.29, 0.717) is 12.7 Å². The lowest BCUT2D eigenvalue weighted by Gasteiger charge is -2.40. The molecule has 2 aliphatic rings. The van der Waals surface area contributed by atoms with Crippen LogP contribution < -0.4 is 4.74 Å². The largest absolute Gasteiger partial charge is 0.490 e. The predicted molar refractivity (Wildman–Crippen MR) is 141 cm³/mol. The molecule has 1 heterocycles. The number of likely N-dealkylation sites (tertiary alicyclic amines) is 1. The Labute approximate surface area is 201 Å². The molecular weight excluding hydrogens is 430 g/mol. The molecule has 2 aromatic rings. The van der Waals surface area contributed by atoms with Crippen LogP contribution in [0.5, 0.6) is 5.75 Å². The second kappa shape index (κ2) is 10.7. The number of carbonyl (C=O) groups is 1. The lowest BCUT2D eigenvalue weighted by atomic mass is 9.96. The Balaban J connectivity index is 1.31. The van der Waals surface area contributed by atoms with Gasteiger partial charge in [0.05, 0.1) is 18.6 Å². The number of nitrogens with zero attached hydrogens (tertiary/aromatic N) is 1. The van der Waals surface area contributed by atoms with Crippen molar-refractivity contribution in [3.05, 3.63) is 42.0 Å².